The second kappa shape index (κ2) is 8.60. The van der Waals surface area contributed by atoms with E-state index in [2.05, 4.69) is 15.2 Å². The van der Waals surface area contributed by atoms with Gasteiger partial charge in [-0.2, -0.15) is 0 Å². The Balaban J connectivity index is 0.00000180. The van der Waals surface area contributed by atoms with Gasteiger partial charge in [0, 0.05) is 25.6 Å². The Morgan fingerprint density at radius 1 is 1.26 bits per heavy atom. The van der Waals surface area contributed by atoms with E-state index in [0.717, 1.165) is 25.9 Å². The van der Waals surface area contributed by atoms with Crippen molar-refractivity contribution in [3.05, 3.63) is 0 Å². The van der Waals surface area contributed by atoms with Crippen molar-refractivity contribution in [1.29, 1.82) is 0 Å². The number of guanidine groups is 1. The standard InChI is InChI=1S/C13H24N4O.HI/c14-13(17-8-3-1-2-4-9-17)15-10-11-6-5-7-12(18)16-11;/h11H,1-10H2,(H2,14,15)(H,16,18);1H. The van der Waals surface area contributed by atoms with Crippen LogP contribution in [-0.4, -0.2) is 42.4 Å². The summed E-state index contributed by atoms with van der Waals surface area (Å²) in [5.41, 5.74) is 6.03. The van der Waals surface area contributed by atoms with E-state index in [-0.39, 0.29) is 35.9 Å². The maximum atomic E-state index is 11.3. The lowest BCUT2D eigenvalue weighted by molar-refractivity contribution is -0.123. The molecule has 3 N–H and O–H groups in total. The maximum absolute atomic E-state index is 11.3. The highest BCUT2D eigenvalue weighted by molar-refractivity contribution is 14.0. The molecule has 0 aromatic carbocycles. The quantitative estimate of drug-likeness (QED) is 0.433. The molecule has 6 heteroatoms. The molecule has 110 valence electrons. The van der Waals surface area contributed by atoms with Gasteiger partial charge in [-0.1, -0.05) is 12.8 Å². The summed E-state index contributed by atoms with van der Waals surface area (Å²) in [7, 11) is 0. The summed E-state index contributed by atoms with van der Waals surface area (Å²) in [6, 6.07) is 0.178. The number of piperidine rings is 1. The first-order chi connectivity index (χ1) is 8.75. The molecule has 1 amide bonds. The number of hydrogen-bond donors (Lipinski definition) is 2. The van der Waals surface area contributed by atoms with Gasteiger partial charge in [-0.05, 0) is 25.7 Å². The predicted molar refractivity (Wildman–Crippen MR) is 87.7 cm³/mol. The van der Waals surface area contributed by atoms with Crippen molar-refractivity contribution in [3.63, 3.8) is 0 Å². The summed E-state index contributed by atoms with van der Waals surface area (Å²) in [4.78, 5) is 17.9. The van der Waals surface area contributed by atoms with E-state index in [4.69, 9.17) is 5.73 Å². The molecule has 2 aliphatic heterocycles. The summed E-state index contributed by atoms with van der Waals surface area (Å²) in [5, 5.41) is 2.97. The van der Waals surface area contributed by atoms with Gasteiger partial charge in [0.1, 0.15) is 0 Å². The average Bonchev–Trinajstić information content (AvgIpc) is 2.65. The van der Waals surface area contributed by atoms with Gasteiger partial charge in [0.15, 0.2) is 5.96 Å². The number of amides is 1. The van der Waals surface area contributed by atoms with Crippen LogP contribution >= 0.6 is 24.0 Å². The third kappa shape index (κ3) is 5.54. The molecule has 0 aromatic rings. The van der Waals surface area contributed by atoms with E-state index in [1.807, 2.05) is 0 Å². The van der Waals surface area contributed by atoms with E-state index in [1.165, 1.54) is 25.7 Å². The molecule has 0 saturated carbocycles. The fourth-order valence-corrected chi connectivity index (χ4v) is 2.62. The lowest BCUT2D eigenvalue weighted by Crippen LogP contribution is -2.43. The van der Waals surface area contributed by atoms with Gasteiger partial charge < -0.3 is 16.0 Å². The molecule has 2 fully saturated rings. The number of rotatable bonds is 2. The van der Waals surface area contributed by atoms with Crippen LogP contribution in [0.25, 0.3) is 0 Å². The molecule has 19 heavy (non-hydrogen) atoms. The molecule has 2 saturated heterocycles. The molecule has 0 spiro atoms. The Morgan fingerprint density at radius 2 is 1.95 bits per heavy atom. The molecule has 2 heterocycles. The number of nitrogens with zero attached hydrogens (tertiary/aromatic N) is 2. The smallest absolute Gasteiger partial charge is 0.220 e. The monoisotopic (exact) mass is 380 g/mol. The second-order valence-corrected chi connectivity index (χ2v) is 5.26. The third-order valence-corrected chi connectivity index (χ3v) is 3.73. The van der Waals surface area contributed by atoms with Crippen molar-refractivity contribution in [3.8, 4) is 0 Å². The zero-order valence-corrected chi connectivity index (χ0v) is 13.8. The Bertz CT molecular complexity index is 314. The molecular weight excluding hydrogens is 355 g/mol. The zero-order valence-electron chi connectivity index (χ0n) is 11.4. The van der Waals surface area contributed by atoms with Crippen LogP contribution in [0.5, 0.6) is 0 Å². The first kappa shape index (κ1) is 16.5. The highest BCUT2D eigenvalue weighted by Gasteiger charge is 2.18. The van der Waals surface area contributed by atoms with Crippen molar-refractivity contribution in [2.24, 2.45) is 10.7 Å². The number of nitrogens with one attached hydrogen (secondary N) is 1. The largest absolute Gasteiger partial charge is 0.370 e. The van der Waals surface area contributed by atoms with Crippen LogP contribution in [0.3, 0.4) is 0 Å². The van der Waals surface area contributed by atoms with Crippen molar-refractivity contribution in [2.75, 3.05) is 19.6 Å². The fourth-order valence-electron chi connectivity index (χ4n) is 2.62. The molecule has 0 bridgehead atoms. The van der Waals surface area contributed by atoms with E-state index in [9.17, 15) is 4.79 Å². The highest BCUT2D eigenvalue weighted by atomic mass is 127. The molecular formula is C13H25IN4O. The summed E-state index contributed by atoms with van der Waals surface area (Å²) >= 11 is 0. The van der Waals surface area contributed by atoms with Gasteiger partial charge in [-0.25, -0.2) is 0 Å². The molecule has 0 radical (unpaired) electrons. The summed E-state index contributed by atoms with van der Waals surface area (Å²) in [6.07, 6.45) is 7.64. The Morgan fingerprint density at radius 3 is 2.58 bits per heavy atom. The summed E-state index contributed by atoms with van der Waals surface area (Å²) < 4.78 is 0. The normalized spacial score (nSPS) is 25.3. The Hall–Kier alpha value is -0.530. The number of hydrogen-bond acceptors (Lipinski definition) is 2. The highest BCUT2D eigenvalue weighted by Crippen LogP contribution is 2.10. The predicted octanol–water partition coefficient (Wildman–Crippen LogP) is 1.46. The van der Waals surface area contributed by atoms with Gasteiger partial charge in [0.05, 0.1) is 6.54 Å². The van der Waals surface area contributed by atoms with Gasteiger partial charge in [-0.3, -0.25) is 9.79 Å². The minimum absolute atomic E-state index is 0. The van der Waals surface area contributed by atoms with Crippen LogP contribution in [0.15, 0.2) is 4.99 Å². The van der Waals surface area contributed by atoms with Gasteiger partial charge >= 0.3 is 0 Å². The Kier molecular flexibility index (Phi) is 7.48. The first-order valence-electron chi connectivity index (χ1n) is 7.10. The second-order valence-electron chi connectivity index (χ2n) is 5.26. The molecule has 1 unspecified atom stereocenters. The Labute approximate surface area is 132 Å². The lowest BCUT2D eigenvalue weighted by Gasteiger charge is -2.24. The maximum Gasteiger partial charge on any atom is 0.220 e. The molecule has 5 nitrogen and oxygen atoms in total. The van der Waals surface area contributed by atoms with Crippen LogP contribution in [0.2, 0.25) is 0 Å². The molecule has 2 aliphatic rings. The number of carbonyl (C=O) groups excluding carboxylic acids is 1. The van der Waals surface area contributed by atoms with Crippen molar-refractivity contribution < 1.29 is 4.79 Å². The number of halogens is 1. The molecule has 1 atom stereocenters. The van der Waals surface area contributed by atoms with E-state index >= 15 is 0 Å². The zero-order chi connectivity index (χ0) is 12.8. The van der Waals surface area contributed by atoms with Crippen LogP contribution in [-0.2, 0) is 4.79 Å². The van der Waals surface area contributed by atoms with Crippen molar-refractivity contribution in [1.82, 2.24) is 10.2 Å². The molecule has 2 rings (SSSR count). The van der Waals surface area contributed by atoms with Crippen molar-refractivity contribution >= 4 is 35.8 Å². The van der Waals surface area contributed by atoms with Gasteiger partial charge in [0.25, 0.3) is 0 Å². The van der Waals surface area contributed by atoms with E-state index in [1.54, 1.807) is 0 Å². The van der Waals surface area contributed by atoms with Crippen LogP contribution in [0.4, 0.5) is 0 Å². The average molecular weight is 380 g/mol. The topological polar surface area (TPSA) is 70.7 Å². The van der Waals surface area contributed by atoms with E-state index in [0.29, 0.717) is 18.9 Å². The lowest BCUT2D eigenvalue weighted by atomic mass is 10.0. The van der Waals surface area contributed by atoms with Crippen LogP contribution in [0, 0.1) is 0 Å². The molecule has 0 aromatic heterocycles. The third-order valence-electron chi connectivity index (χ3n) is 3.73. The number of carbonyl (C=O) groups is 1. The summed E-state index contributed by atoms with van der Waals surface area (Å²) in [6.45, 7) is 2.66. The van der Waals surface area contributed by atoms with E-state index < -0.39 is 0 Å². The molecule has 0 aliphatic carbocycles. The van der Waals surface area contributed by atoms with Crippen LogP contribution < -0.4 is 11.1 Å². The fraction of sp³-hybridized carbons (Fsp3) is 0.846. The van der Waals surface area contributed by atoms with Gasteiger partial charge in [0.2, 0.25) is 5.91 Å². The number of likely N-dealkylation sites (tertiary alicyclic amines) is 1. The minimum Gasteiger partial charge on any atom is -0.370 e. The minimum atomic E-state index is 0. The van der Waals surface area contributed by atoms with Gasteiger partial charge in [-0.15, -0.1) is 24.0 Å². The SMILES string of the molecule is I.NC(=NCC1CCCC(=O)N1)N1CCCCCC1. The van der Waals surface area contributed by atoms with Crippen molar-refractivity contribution in [2.45, 2.75) is 51.0 Å². The first-order valence-corrected chi connectivity index (χ1v) is 7.10. The van der Waals surface area contributed by atoms with Crippen LogP contribution in [0.1, 0.15) is 44.9 Å². The summed E-state index contributed by atoms with van der Waals surface area (Å²) in [5.74, 6) is 0.798. The number of aliphatic imine (C=N–C) groups is 1. The number of nitrogens with two attached hydrogens (primary N) is 1.